The first-order chi connectivity index (χ1) is 13.0. The molecule has 0 aromatic heterocycles. The fraction of sp³-hybridized carbons (Fsp3) is 0.409. The van der Waals surface area contributed by atoms with Gasteiger partial charge in [0.25, 0.3) is 0 Å². The largest absolute Gasteiger partial charge is 0.370 e. The molecule has 0 spiro atoms. The number of morpholine rings is 1. The van der Waals surface area contributed by atoms with Gasteiger partial charge in [0, 0.05) is 11.3 Å². The van der Waals surface area contributed by atoms with Crippen molar-refractivity contribution in [2.75, 3.05) is 31.6 Å². The summed E-state index contributed by atoms with van der Waals surface area (Å²) in [6.07, 6.45) is 0. The maximum absolute atomic E-state index is 5.63. The van der Waals surface area contributed by atoms with E-state index >= 15 is 0 Å². The minimum atomic E-state index is 0.200. The monoisotopic (exact) mass is 384 g/mol. The average molecular weight is 385 g/mol. The molecular formula is C22H30N3OS+. The van der Waals surface area contributed by atoms with Gasteiger partial charge in [0.05, 0.1) is 19.3 Å². The molecule has 0 unspecified atom stereocenters. The molecule has 1 heterocycles. The number of thiocarbonyl (C=S) groups is 1. The predicted molar refractivity (Wildman–Crippen MR) is 115 cm³/mol. The molecule has 2 aromatic carbocycles. The molecule has 2 aromatic rings. The van der Waals surface area contributed by atoms with Gasteiger partial charge in [-0.25, -0.2) is 0 Å². The number of hydrogen-bond donors (Lipinski definition) is 3. The molecule has 3 N–H and O–H groups in total. The van der Waals surface area contributed by atoms with E-state index in [2.05, 4.69) is 79.9 Å². The number of quaternary nitrogens is 1. The molecule has 27 heavy (non-hydrogen) atoms. The molecular weight excluding hydrogens is 354 g/mol. The van der Waals surface area contributed by atoms with Gasteiger partial charge < -0.3 is 20.3 Å². The maximum atomic E-state index is 5.63. The molecule has 1 fully saturated rings. The maximum Gasteiger partial charge on any atom is 0.171 e. The number of nitrogens with one attached hydrogen (secondary N) is 3. The van der Waals surface area contributed by atoms with E-state index in [0.717, 1.165) is 32.0 Å². The van der Waals surface area contributed by atoms with E-state index in [9.17, 15) is 0 Å². The van der Waals surface area contributed by atoms with E-state index in [-0.39, 0.29) is 6.04 Å². The topological polar surface area (TPSA) is 37.7 Å². The zero-order chi connectivity index (χ0) is 19.2. The molecule has 1 aliphatic heterocycles. The predicted octanol–water partition coefficient (Wildman–Crippen LogP) is 2.63. The highest BCUT2D eigenvalue weighted by atomic mass is 32.1. The Kier molecular flexibility index (Phi) is 6.83. The summed E-state index contributed by atoms with van der Waals surface area (Å²) in [4.78, 5) is 1.54. The Bertz CT molecular complexity index is 759. The summed E-state index contributed by atoms with van der Waals surface area (Å²) in [5.74, 6) is 0. The van der Waals surface area contributed by atoms with Crippen LogP contribution in [0.2, 0.25) is 0 Å². The van der Waals surface area contributed by atoms with Crippen LogP contribution in [0.5, 0.6) is 0 Å². The van der Waals surface area contributed by atoms with Crippen LogP contribution >= 0.6 is 12.2 Å². The van der Waals surface area contributed by atoms with Gasteiger partial charge in [-0.1, -0.05) is 42.5 Å². The van der Waals surface area contributed by atoms with Crippen LogP contribution in [0.3, 0.4) is 0 Å². The lowest BCUT2D eigenvalue weighted by Crippen LogP contribution is -3.15. The van der Waals surface area contributed by atoms with Crippen LogP contribution < -0.4 is 15.5 Å². The molecule has 1 aliphatic rings. The number of anilines is 1. The fourth-order valence-electron chi connectivity index (χ4n) is 3.80. The van der Waals surface area contributed by atoms with Crippen LogP contribution in [0.25, 0.3) is 0 Å². The van der Waals surface area contributed by atoms with Crippen LogP contribution in [0.4, 0.5) is 5.69 Å². The van der Waals surface area contributed by atoms with Crippen LogP contribution in [0.15, 0.2) is 48.5 Å². The molecule has 144 valence electrons. The molecule has 0 aliphatic carbocycles. The zero-order valence-corrected chi connectivity index (χ0v) is 17.2. The van der Waals surface area contributed by atoms with Gasteiger partial charge in [0.15, 0.2) is 5.11 Å². The molecule has 5 heteroatoms. The number of rotatable bonds is 5. The van der Waals surface area contributed by atoms with Crippen molar-refractivity contribution in [2.45, 2.75) is 32.9 Å². The van der Waals surface area contributed by atoms with Crippen LogP contribution in [0.1, 0.15) is 29.7 Å². The van der Waals surface area contributed by atoms with Crippen molar-refractivity contribution in [3.63, 3.8) is 0 Å². The van der Waals surface area contributed by atoms with Gasteiger partial charge in [-0.15, -0.1) is 0 Å². The Labute approximate surface area is 167 Å². The van der Waals surface area contributed by atoms with Crippen LogP contribution in [-0.4, -0.2) is 37.5 Å². The number of ether oxygens (including phenoxy) is 1. The highest BCUT2D eigenvalue weighted by Crippen LogP contribution is 2.17. The Balaban J connectivity index is 1.72. The van der Waals surface area contributed by atoms with Gasteiger partial charge in [0.2, 0.25) is 0 Å². The minimum Gasteiger partial charge on any atom is -0.370 e. The van der Waals surface area contributed by atoms with Crippen LogP contribution in [0, 0.1) is 13.8 Å². The molecule has 0 saturated carbocycles. The first-order valence-electron chi connectivity index (χ1n) is 9.66. The molecule has 4 nitrogen and oxygen atoms in total. The lowest BCUT2D eigenvalue weighted by Gasteiger charge is -2.36. The van der Waals surface area contributed by atoms with E-state index < -0.39 is 0 Å². The summed E-state index contributed by atoms with van der Waals surface area (Å²) in [6.45, 7) is 10.1. The molecule has 0 radical (unpaired) electrons. The lowest BCUT2D eigenvalue weighted by molar-refractivity contribution is -0.940. The summed E-state index contributed by atoms with van der Waals surface area (Å²) < 4.78 is 5.57. The summed E-state index contributed by atoms with van der Waals surface area (Å²) >= 11 is 5.63. The Morgan fingerprint density at radius 1 is 1.07 bits per heavy atom. The Morgan fingerprint density at radius 3 is 2.48 bits per heavy atom. The number of benzene rings is 2. The molecule has 3 rings (SSSR count). The third-order valence-electron chi connectivity index (χ3n) is 5.23. The summed E-state index contributed by atoms with van der Waals surface area (Å²) in [5, 5.41) is 7.58. The zero-order valence-electron chi connectivity index (χ0n) is 16.4. The SMILES string of the molecule is Cc1ccc(C)c(NC(=S)N[C@H](C)[C@@H](c2ccccc2)[NH+]2CCOCC2)c1. The standard InChI is InChI=1S/C22H29N3OS/c1-16-9-10-17(2)20(15-16)24-22(27)23-18(3)21(19-7-5-4-6-8-19)25-11-13-26-14-12-25/h4-10,15,18,21H,11-14H2,1-3H3,(H2,23,24,27)/p+1/t18-,21+/m1/s1. The van der Waals surface area contributed by atoms with Gasteiger partial charge in [0.1, 0.15) is 19.1 Å². The molecule has 0 bridgehead atoms. The fourth-order valence-corrected chi connectivity index (χ4v) is 4.10. The Morgan fingerprint density at radius 2 is 1.78 bits per heavy atom. The van der Waals surface area contributed by atoms with Crippen molar-refractivity contribution in [1.29, 1.82) is 0 Å². The van der Waals surface area contributed by atoms with Gasteiger partial charge in [-0.2, -0.15) is 0 Å². The van der Waals surface area contributed by atoms with E-state index in [1.54, 1.807) is 4.90 Å². The minimum absolute atomic E-state index is 0.200. The third kappa shape index (κ3) is 5.28. The quantitative estimate of drug-likeness (QED) is 0.693. The normalized spacial score (nSPS) is 17.1. The van der Waals surface area contributed by atoms with Crippen molar-refractivity contribution in [1.82, 2.24) is 5.32 Å². The van der Waals surface area contributed by atoms with E-state index in [1.807, 2.05) is 0 Å². The van der Waals surface area contributed by atoms with Crippen LogP contribution in [-0.2, 0) is 4.74 Å². The van der Waals surface area contributed by atoms with Crippen molar-refractivity contribution < 1.29 is 9.64 Å². The van der Waals surface area contributed by atoms with Crippen molar-refractivity contribution in [2.24, 2.45) is 0 Å². The van der Waals surface area contributed by atoms with Crippen molar-refractivity contribution in [3.05, 3.63) is 65.2 Å². The third-order valence-corrected chi connectivity index (χ3v) is 5.45. The summed E-state index contributed by atoms with van der Waals surface area (Å²) in [6, 6.07) is 17.6. The average Bonchev–Trinajstić information content (AvgIpc) is 2.66. The molecule has 0 amide bonds. The first-order valence-corrected chi connectivity index (χ1v) is 10.1. The molecule has 2 atom stereocenters. The van der Waals surface area contributed by atoms with E-state index in [1.165, 1.54) is 16.7 Å². The van der Waals surface area contributed by atoms with E-state index in [4.69, 9.17) is 17.0 Å². The second kappa shape index (κ2) is 9.31. The number of hydrogen-bond acceptors (Lipinski definition) is 2. The van der Waals surface area contributed by atoms with Gasteiger partial charge in [-0.3, -0.25) is 0 Å². The lowest BCUT2D eigenvalue weighted by atomic mass is 9.98. The van der Waals surface area contributed by atoms with Crippen molar-refractivity contribution >= 4 is 23.0 Å². The second-order valence-electron chi connectivity index (χ2n) is 7.36. The molecule has 1 saturated heterocycles. The smallest absolute Gasteiger partial charge is 0.171 e. The highest BCUT2D eigenvalue weighted by Gasteiger charge is 2.31. The van der Waals surface area contributed by atoms with Gasteiger partial charge >= 0.3 is 0 Å². The number of aryl methyl sites for hydroxylation is 2. The summed E-state index contributed by atoms with van der Waals surface area (Å²) in [7, 11) is 0. The summed E-state index contributed by atoms with van der Waals surface area (Å²) in [5.41, 5.74) is 4.81. The van der Waals surface area contributed by atoms with Crippen molar-refractivity contribution in [3.8, 4) is 0 Å². The van der Waals surface area contributed by atoms with Gasteiger partial charge in [-0.05, 0) is 50.2 Å². The first kappa shape index (κ1) is 19.8. The highest BCUT2D eigenvalue weighted by molar-refractivity contribution is 7.80. The Hall–Kier alpha value is -1.95. The second-order valence-corrected chi connectivity index (χ2v) is 7.77. The van der Waals surface area contributed by atoms with E-state index in [0.29, 0.717) is 11.2 Å².